The molecule has 0 unspecified atom stereocenters. The van der Waals surface area contributed by atoms with Crippen molar-refractivity contribution in [1.82, 2.24) is 0 Å². The van der Waals surface area contributed by atoms with E-state index in [1.54, 1.807) is 6.92 Å². The average molecular weight is 368 g/mol. The lowest BCUT2D eigenvalue weighted by Crippen LogP contribution is -2.15. The van der Waals surface area contributed by atoms with Gasteiger partial charge in [-0.3, -0.25) is 9.59 Å². The molecule has 4 nitrogen and oxygen atoms in total. The summed E-state index contributed by atoms with van der Waals surface area (Å²) in [7, 11) is 0. The van der Waals surface area contributed by atoms with Gasteiger partial charge in [-0.1, -0.05) is 15.9 Å². The van der Waals surface area contributed by atoms with E-state index in [1.165, 1.54) is 12.1 Å². The first-order valence-electron chi connectivity index (χ1n) is 6.06. The zero-order chi connectivity index (χ0) is 16.0. The molecule has 0 atom stereocenters. The lowest BCUT2D eigenvalue weighted by atomic mass is 10.2. The number of anilines is 1. The predicted molar refractivity (Wildman–Crippen MR) is 73.6 cm³/mol. The Morgan fingerprint density at radius 1 is 1.29 bits per heavy atom. The molecular weight excluding hydrogens is 355 g/mol. The molecule has 1 N–H and O–H groups in total. The first kappa shape index (κ1) is 17.5. The molecule has 0 aliphatic carbocycles. The molecular formula is C13H13BrF3NO3. The van der Waals surface area contributed by atoms with Crippen LogP contribution in [0.25, 0.3) is 0 Å². The summed E-state index contributed by atoms with van der Waals surface area (Å²) in [6, 6.07) is 3.36. The highest BCUT2D eigenvalue weighted by Crippen LogP contribution is 2.36. The second kappa shape index (κ2) is 7.44. The van der Waals surface area contributed by atoms with Crippen LogP contribution in [0.1, 0.15) is 25.3 Å². The third-order valence-corrected chi connectivity index (χ3v) is 3.11. The van der Waals surface area contributed by atoms with Crippen LogP contribution in [0.15, 0.2) is 22.7 Å². The van der Waals surface area contributed by atoms with Crippen LogP contribution >= 0.6 is 15.9 Å². The van der Waals surface area contributed by atoms with Gasteiger partial charge in [-0.05, 0) is 25.1 Å². The van der Waals surface area contributed by atoms with Gasteiger partial charge in [0.05, 0.1) is 18.6 Å². The summed E-state index contributed by atoms with van der Waals surface area (Å²) in [4.78, 5) is 22.6. The van der Waals surface area contributed by atoms with E-state index in [2.05, 4.69) is 26.0 Å². The molecule has 0 heterocycles. The van der Waals surface area contributed by atoms with E-state index in [0.29, 0.717) is 0 Å². The Morgan fingerprint density at radius 2 is 1.95 bits per heavy atom. The van der Waals surface area contributed by atoms with E-state index in [1.807, 2.05) is 0 Å². The van der Waals surface area contributed by atoms with Crippen LogP contribution in [0, 0.1) is 0 Å². The maximum absolute atomic E-state index is 12.7. The van der Waals surface area contributed by atoms with Crippen LogP contribution in [0.3, 0.4) is 0 Å². The molecule has 0 radical (unpaired) electrons. The van der Waals surface area contributed by atoms with Crippen molar-refractivity contribution in [3.63, 3.8) is 0 Å². The van der Waals surface area contributed by atoms with Crippen LogP contribution in [0.2, 0.25) is 0 Å². The molecule has 1 aromatic carbocycles. The number of esters is 1. The van der Waals surface area contributed by atoms with E-state index in [0.717, 1.165) is 6.07 Å². The van der Waals surface area contributed by atoms with Gasteiger partial charge >= 0.3 is 12.1 Å². The highest BCUT2D eigenvalue weighted by Gasteiger charge is 2.33. The molecule has 0 aliphatic heterocycles. The van der Waals surface area contributed by atoms with E-state index in [4.69, 9.17) is 0 Å². The second-order valence-electron chi connectivity index (χ2n) is 4.05. The van der Waals surface area contributed by atoms with E-state index < -0.39 is 23.6 Å². The lowest BCUT2D eigenvalue weighted by molar-refractivity contribution is -0.144. The summed E-state index contributed by atoms with van der Waals surface area (Å²) in [5.74, 6) is -1.09. The third-order valence-electron chi connectivity index (χ3n) is 2.42. The molecule has 1 rings (SSSR count). The minimum Gasteiger partial charge on any atom is -0.466 e. The Morgan fingerprint density at radius 3 is 2.52 bits per heavy atom. The molecule has 8 heteroatoms. The van der Waals surface area contributed by atoms with Crippen LogP contribution in [0.4, 0.5) is 18.9 Å². The predicted octanol–water partition coefficient (Wildman–Crippen LogP) is 3.75. The molecule has 21 heavy (non-hydrogen) atoms. The van der Waals surface area contributed by atoms with E-state index in [-0.39, 0.29) is 29.6 Å². The molecule has 1 aromatic rings. The van der Waals surface area contributed by atoms with Gasteiger partial charge in [-0.2, -0.15) is 13.2 Å². The Bertz CT molecular complexity index is 532. The van der Waals surface area contributed by atoms with Crippen molar-refractivity contribution in [3.05, 3.63) is 28.2 Å². The molecule has 116 valence electrons. The first-order valence-corrected chi connectivity index (χ1v) is 6.85. The molecule has 0 spiro atoms. The number of amides is 1. The van der Waals surface area contributed by atoms with Crippen molar-refractivity contribution in [2.75, 3.05) is 11.9 Å². The van der Waals surface area contributed by atoms with E-state index in [9.17, 15) is 22.8 Å². The smallest absolute Gasteiger partial charge is 0.417 e. The average Bonchev–Trinajstić information content (AvgIpc) is 2.38. The Kier molecular flexibility index (Phi) is 6.19. The first-order chi connectivity index (χ1) is 9.74. The van der Waals surface area contributed by atoms with Crippen LogP contribution < -0.4 is 5.32 Å². The van der Waals surface area contributed by atoms with Crippen molar-refractivity contribution in [1.29, 1.82) is 0 Å². The zero-order valence-corrected chi connectivity index (χ0v) is 12.7. The number of benzene rings is 1. The molecule has 0 bridgehead atoms. The summed E-state index contributed by atoms with van der Waals surface area (Å²) in [6.07, 6.45) is -4.80. The minimum absolute atomic E-state index is 0.0133. The number of nitrogens with one attached hydrogen (secondary N) is 1. The monoisotopic (exact) mass is 367 g/mol. The number of rotatable bonds is 5. The summed E-state index contributed by atoms with van der Waals surface area (Å²) in [6.45, 7) is 1.85. The normalized spacial score (nSPS) is 11.1. The quantitative estimate of drug-likeness (QED) is 0.806. The fraction of sp³-hybridized carbons (Fsp3) is 0.385. The maximum Gasteiger partial charge on any atom is 0.417 e. The maximum atomic E-state index is 12.7. The number of ether oxygens (including phenoxy) is 1. The van der Waals surface area contributed by atoms with Gasteiger partial charge in [0.25, 0.3) is 0 Å². The van der Waals surface area contributed by atoms with Crippen molar-refractivity contribution >= 4 is 33.5 Å². The standard InChI is InChI=1S/C13H13BrF3NO3/c1-2-21-12(20)6-5-11(19)18-8-3-4-10(14)9(7-8)13(15,16)17/h3-4,7H,2,5-6H2,1H3,(H,18,19). The molecule has 0 fully saturated rings. The van der Waals surface area contributed by atoms with Crippen LogP contribution in [0.5, 0.6) is 0 Å². The number of carbonyl (C=O) groups is 2. The zero-order valence-electron chi connectivity index (χ0n) is 11.1. The van der Waals surface area contributed by atoms with Crippen molar-refractivity contribution < 1.29 is 27.5 Å². The fourth-order valence-electron chi connectivity index (χ4n) is 1.49. The SMILES string of the molecule is CCOC(=O)CCC(=O)Nc1ccc(Br)c(C(F)(F)F)c1. The van der Waals surface area contributed by atoms with Crippen molar-refractivity contribution in [3.8, 4) is 0 Å². The van der Waals surface area contributed by atoms with Crippen LogP contribution in [-0.2, 0) is 20.5 Å². The number of alkyl halides is 3. The van der Waals surface area contributed by atoms with Gasteiger partial charge in [0.1, 0.15) is 0 Å². The Labute approximate surface area is 127 Å². The number of halogens is 4. The second-order valence-corrected chi connectivity index (χ2v) is 4.90. The topological polar surface area (TPSA) is 55.4 Å². The third kappa shape index (κ3) is 5.74. The van der Waals surface area contributed by atoms with Gasteiger partial charge in [-0.25, -0.2) is 0 Å². The van der Waals surface area contributed by atoms with Gasteiger partial charge in [0.15, 0.2) is 0 Å². The Hall–Kier alpha value is -1.57. The fourth-order valence-corrected chi connectivity index (χ4v) is 1.96. The molecule has 1 amide bonds. The van der Waals surface area contributed by atoms with Crippen molar-refractivity contribution in [2.24, 2.45) is 0 Å². The molecule has 0 saturated carbocycles. The summed E-state index contributed by atoms with van der Waals surface area (Å²) in [5.41, 5.74) is -0.870. The summed E-state index contributed by atoms with van der Waals surface area (Å²) in [5, 5.41) is 2.31. The highest BCUT2D eigenvalue weighted by atomic mass is 79.9. The van der Waals surface area contributed by atoms with E-state index >= 15 is 0 Å². The van der Waals surface area contributed by atoms with Gasteiger partial charge in [0, 0.05) is 16.6 Å². The lowest BCUT2D eigenvalue weighted by Gasteiger charge is -2.12. The molecule has 0 aliphatic rings. The van der Waals surface area contributed by atoms with Gasteiger partial charge in [-0.15, -0.1) is 0 Å². The van der Waals surface area contributed by atoms with Crippen LogP contribution in [-0.4, -0.2) is 18.5 Å². The van der Waals surface area contributed by atoms with Crippen molar-refractivity contribution in [2.45, 2.75) is 25.9 Å². The summed E-state index contributed by atoms with van der Waals surface area (Å²) >= 11 is 2.81. The molecule has 0 aromatic heterocycles. The summed E-state index contributed by atoms with van der Waals surface area (Å²) < 4.78 is 42.6. The minimum atomic E-state index is -4.52. The van der Waals surface area contributed by atoms with Gasteiger partial charge < -0.3 is 10.1 Å². The largest absolute Gasteiger partial charge is 0.466 e. The van der Waals surface area contributed by atoms with Gasteiger partial charge in [0.2, 0.25) is 5.91 Å². The number of hydrogen-bond acceptors (Lipinski definition) is 3. The Balaban J connectivity index is 2.67. The molecule has 0 saturated heterocycles. The number of hydrogen-bond donors (Lipinski definition) is 1. The highest BCUT2D eigenvalue weighted by molar-refractivity contribution is 9.10. The number of carbonyl (C=O) groups excluding carboxylic acids is 2.